The predicted octanol–water partition coefficient (Wildman–Crippen LogP) is 3.76. The smallest absolute Gasteiger partial charge is 0.229 e. The monoisotopic (exact) mass is 322 g/mol. The molecule has 2 heterocycles. The molecule has 2 aliphatic rings. The highest BCUT2D eigenvalue weighted by Gasteiger charge is 2.32. The summed E-state index contributed by atoms with van der Waals surface area (Å²) in [6.07, 6.45) is 4.65. The van der Waals surface area contributed by atoms with Gasteiger partial charge in [-0.3, -0.25) is 4.90 Å². The SMILES string of the molecule is C[C@@H](c1ccc(C#N)cc1)N1CCC[C@@H](c2noc(C3CC3)n2)C1. The molecule has 5 heteroatoms. The van der Waals surface area contributed by atoms with Crippen molar-refractivity contribution < 1.29 is 4.52 Å². The first-order chi connectivity index (χ1) is 11.7. The van der Waals surface area contributed by atoms with Crippen LogP contribution in [-0.2, 0) is 0 Å². The molecular formula is C19H22N4O. The molecule has 0 radical (unpaired) electrons. The maximum atomic E-state index is 8.94. The number of hydrogen-bond acceptors (Lipinski definition) is 5. The molecule has 4 rings (SSSR count). The van der Waals surface area contributed by atoms with Gasteiger partial charge in [0.05, 0.1) is 11.6 Å². The van der Waals surface area contributed by atoms with Crippen LogP contribution in [0.4, 0.5) is 0 Å². The molecule has 2 fully saturated rings. The summed E-state index contributed by atoms with van der Waals surface area (Å²) in [5, 5.41) is 13.2. The molecule has 2 atom stereocenters. The van der Waals surface area contributed by atoms with E-state index in [-0.39, 0.29) is 0 Å². The predicted molar refractivity (Wildman–Crippen MR) is 89.4 cm³/mol. The van der Waals surface area contributed by atoms with E-state index in [1.807, 2.05) is 12.1 Å². The van der Waals surface area contributed by atoms with Crippen molar-refractivity contribution in [1.29, 1.82) is 5.26 Å². The molecule has 0 amide bonds. The minimum Gasteiger partial charge on any atom is -0.339 e. The van der Waals surface area contributed by atoms with Crippen LogP contribution < -0.4 is 0 Å². The fraction of sp³-hybridized carbons (Fsp3) is 0.526. The van der Waals surface area contributed by atoms with E-state index in [4.69, 9.17) is 9.78 Å². The van der Waals surface area contributed by atoms with Crippen LogP contribution in [0.15, 0.2) is 28.8 Å². The average molecular weight is 322 g/mol. The Morgan fingerprint density at radius 1 is 1.21 bits per heavy atom. The van der Waals surface area contributed by atoms with Crippen molar-refractivity contribution in [3.8, 4) is 6.07 Å². The van der Waals surface area contributed by atoms with Gasteiger partial charge in [0.2, 0.25) is 5.89 Å². The fourth-order valence-corrected chi connectivity index (χ4v) is 3.53. The number of rotatable bonds is 4. The van der Waals surface area contributed by atoms with E-state index in [0.717, 1.165) is 37.6 Å². The number of likely N-dealkylation sites (tertiary alicyclic amines) is 1. The highest BCUT2D eigenvalue weighted by Crippen LogP contribution is 2.40. The van der Waals surface area contributed by atoms with Crippen molar-refractivity contribution in [1.82, 2.24) is 15.0 Å². The third-order valence-corrected chi connectivity index (χ3v) is 5.27. The summed E-state index contributed by atoms with van der Waals surface area (Å²) in [6.45, 7) is 4.28. The van der Waals surface area contributed by atoms with Crippen LogP contribution >= 0.6 is 0 Å². The number of aromatic nitrogens is 2. The molecule has 1 saturated carbocycles. The Balaban J connectivity index is 1.45. The van der Waals surface area contributed by atoms with Gasteiger partial charge in [-0.05, 0) is 56.8 Å². The van der Waals surface area contributed by atoms with Crippen molar-refractivity contribution in [2.75, 3.05) is 13.1 Å². The lowest BCUT2D eigenvalue weighted by Crippen LogP contribution is -2.36. The van der Waals surface area contributed by atoms with Gasteiger partial charge in [0, 0.05) is 24.4 Å². The van der Waals surface area contributed by atoms with E-state index in [1.165, 1.54) is 18.4 Å². The lowest BCUT2D eigenvalue weighted by Gasteiger charge is -2.36. The van der Waals surface area contributed by atoms with Crippen molar-refractivity contribution in [3.05, 3.63) is 47.1 Å². The zero-order valence-electron chi connectivity index (χ0n) is 14.0. The molecule has 1 aromatic carbocycles. The lowest BCUT2D eigenvalue weighted by atomic mass is 9.94. The highest BCUT2D eigenvalue weighted by molar-refractivity contribution is 5.32. The second-order valence-corrected chi connectivity index (χ2v) is 7.01. The maximum absolute atomic E-state index is 8.94. The van der Waals surface area contributed by atoms with Crippen LogP contribution in [0.2, 0.25) is 0 Å². The van der Waals surface area contributed by atoms with Gasteiger partial charge in [0.1, 0.15) is 0 Å². The van der Waals surface area contributed by atoms with Gasteiger partial charge in [0.15, 0.2) is 5.82 Å². The summed E-state index contributed by atoms with van der Waals surface area (Å²) in [6, 6.07) is 10.4. The van der Waals surface area contributed by atoms with Gasteiger partial charge in [-0.25, -0.2) is 0 Å². The summed E-state index contributed by atoms with van der Waals surface area (Å²) in [7, 11) is 0. The largest absolute Gasteiger partial charge is 0.339 e. The summed E-state index contributed by atoms with van der Waals surface area (Å²) >= 11 is 0. The van der Waals surface area contributed by atoms with Crippen LogP contribution in [0.5, 0.6) is 0 Å². The van der Waals surface area contributed by atoms with Gasteiger partial charge >= 0.3 is 0 Å². The van der Waals surface area contributed by atoms with E-state index in [1.54, 1.807) is 0 Å². The van der Waals surface area contributed by atoms with Crippen molar-refractivity contribution >= 4 is 0 Å². The fourth-order valence-electron chi connectivity index (χ4n) is 3.53. The summed E-state index contributed by atoms with van der Waals surface area (Å²) < 4.78 is 5.44. The average Bonchev–Trinajstić information content (AvgIpc) is 3.38. The molecule has 2 aromatic rings. The molecule has 5 nitrogen and oxygen atoms in total. The third-order valence-electron chi connectivity index (χ3n) is 5.27. The van der Waals surface area contributed by atoms with Crippen LogP contribution in [0.3, 0.4) is 0 Å². The number of benzene rings is 1. The Morgan fingerprint density at radius 3 is 2.71 bits per heavy atom. The van der Waals surface area contributed by atoms with Crippen LogP contribution in [0, 0.1) is 11.3 Å². The van der Waals surface area contributed by atoms with Gasteiger partial charge in [-0.15, -0.1) is 0 Å². The second kappa shape index (κ2) is 6.37. The molecule has 0 bridgehead atoms. The van der Waals surface area contributed by atoms with E-state index < -0.39 is 0 Å². The van der Waals surface area contributed by atoms with Crippen molar-refractivity contribution in [2.45, 2.75) is 50.5 Å². The number of hydrogen-bond donors (Lipinski definition) is 0. The molecule has 24 heavy (non-hydrogen) atoms. The number of nitrogens with zero attached hydrogens (tertiary/aromatic N) is 4. The van der Waals surface area contributed by atoms with Crippen molar-refractivity contribution in [3.63, 3.8) is 0 Å². The standard InChI is InChI=1S/C19H22N4O/c1-13(15-6-4-14(11-20)5-7-15)23-10-2-3-17(12-23)18-21-19(24-22-18)16-8-9-16/h4-7,13,16-17H,2-3,8-10,12H2,1H3/t13-,17+/m0/s1. The summed E-state index contributed by atoms with van der Waals surface area (Å²) in [4.78, 5) is 7.13. The van der Waals surface area contributed by atoms with Gasteiger partial charge in [0.25, 0.3) is 0 Å². The minimum atomic E-state index is 0.329. The molecule has 1 saturated heterocycles. The quantitative estimate of drug-likeness (QED) is 0.857. The normalized spacial score (nSPS) is 22.9. The number of nitriles is 1. The Kier molecular flexibility index (Phi) is 4.07. The summed E-state index contributed by atoms with van der Waals surface area (Å²) in [5.41, 5.74) is 1.96. The van der Waals surface area contributed by atoms with E-state index in [0.29, 0.717) is 23.4 Å². The molecule has 1 aromatic heterocycles. The van der Waals surface area contributed by atoms with E-state index >= 15 is 0 Å². The molecule has 0 unspecified atom stereocenters. The maximum Gasteiger partial charge on any atom is 0.229 e. The van der Waals surface area contributed by atoms with Crippen LogP contribution in [-0.4, -0.2) is 28.1 Å². The Hall–Kier alpha value is -2.19. The molecule has 0 N–H and O–H groups in total. The zero-order chi connectivity index (χ0) is 16.5. The first-order valence-electron chi connectivity index (χ1n) is 8.82. The highest BCUT2D eigenvalue weighted by atomic mass is 16.5. The molecule has 1 aliphatic heterocycles. The van der Waals surface area contributed by atoms with Crippen LogP contribution in [0.1, 0.15) is 73.3 Å². The Morgan fingerprint density at radius 2 is 2.00 bits per heavy atom. The lowest BCUT2D eigenvalue weighted by molar-refractivity contribution is 0.154. The molecular weight excluding hydrogens is 300 g/mol. The minimum absolute atomic E-state index is 0.329. The molecule has 0 spiro atoms. The topological polar surface area (TPSA) is 66.0 Å². The van der Waals surface area contributed by atoms with Gasteiger partial charge < -0.3 is 4.52 Å². The molecule has 124 valence electrons. The van der Waals surface area contributed by atoms with Crippen molar-refractivity contribution in [2.24, 2.45) is 0 Å². The third kappa shape index (κ3) is 3.07. The molecule has 1 aliphatic carbocycles. The second-order valence-electron chi connectivity index (χ2n) is 7.01. The first-order valence-corrected chi connectivity index (χ1v) is 8.82. The zero-order valence-corrected chi connectivity index (χ0v) is 14.0. The first kappa shape index (κ1) is 15.3. The van der Waals surface area contributed by atoms with E-state index in [2.05, 4.69) is 40.2 Å². The van der Waals surface area contributed by atoms with E-state index in [9.17, 15) is 0 Å². The van der Waals surface area contributed by atoms with Gasteiger partial charge in [-0.2, -0.15) is 10.2 Å². The van der Waals surface area contributed by atoms with Crippen LogP contribution in [0.25, 0.3) is 0 Å². The Labute approximate surface area is 142 Å². The Bertz CT molecular complexity index is 741. The summed E-state index contributed by atoms with van der Waals surface area (Å²) in [5.74, 6) is 2.59. The number of piperidine rings is 1. The van der Waals surface area contributed by atoms with Gasteiger partial charge in [-0.1, -0.05) is 17.3 Å².